The van der Waals surface area contributed by atoms with Crippen molar-refractivity contribution >= 4 is 22.6 Å². The molecular weight excluding hydrogens is 280 g/mol. The standard InChI is InChI=1S/C12H12F4N2S/c1-11(2)6-19-10(18-11)17-7-3-4-9(13)8(5-7)12(14,15)16/h3-5H,6H2,1-2H3,(H,17,18). The topological polar surface area (TPSA) is 24.4 Å². The van der Waals surface area contributed by atoms with E-state index in [0.717, 1.165) is 17.9 Å². The summed E-state index contributed by atoms with van der Waals surface area (Å²) in [5, 5.41) is 3.33. The molecule has 0 bridgehead atoms. The van der Waals surface area contributed by atoms with Crippen LogP contribution in [0.4, 0.5) is 23.2 Å². The molecule has 2 rings (SSSR count). The van der Waals surface area contributed by atoms with Crippen molar-refractivity contribution in [1.82, 2.24) is 0 Å². The molecule has 0 aromatic heterocycles. The van der Waals surface area contributed by atoms with Gasteiger partial charge in [-0.05, 0) is 32.0 Å². The van der Waals surface area contributed by atoms with Crippen molar-refractivity contribution in [3.05, 3.63) is 29.6 Å². The highest BCUT2D eigenvalue weighted by atomic mass is 32.2. The second-order valence-corrected chi connectivity index (χ2v) is 5.80. The predicted octanol–water partition coefficient (Wildman–Crippen LogP) is 4.14. The molecule has 1 N–H and O–H groups in total. The fourth-order valence-electron chi connectivity index (χ4n) is 1.59. The lowest BCUT2D eigenvalue weighted by molar-refractivity contribution is -0.139. The van der Waals surface area contributed by atoms with Gasteiger partial charge in [-0.1, -0.05) is 11.8 Å². The summed E-state index contributed by atoms with van der Waals surface area (Å²) in [6, 6.07) is 2.82. The molecule has 1 aliphatic heterocycles. The molecule has 0 unspecified atom stereocenters. The smallest absolute Gasteiger partial charge is 0.335 e. The minimum Gasteiger partial charge on any atom is -0.335 e. The number of aliphatic imine (C=N–C) groups is 1. The Bertz CT molecular complexity index is 523. The quantitative estimate of drug-likeness (QED) is 0.787. The van der Waals surface area contributed by atoms with Crippen molar-refractivity contribution < 1.29 is 17.6 Å². The van der Waals surface area contributed by atoms with E-state index in [1.54, 1.807) is 0 Å². The summed E-state index contributed by atoms with van der Waals surface area (Å²) >= 11 is 1.43. The highest BCUT2D eigenvalue weighted by Crippen LogP contribution is 2.34. The van der Waals surface area contributed by atoms with Crippen LogP contribution < -0.4 is 5.32 Å². The van der Waals surface area contributed by atoms with Crippen LogP contribution in [0, 0.1) is 5.82 Å². The average molecular weight is 292 g/mol. The Morgan fingerprint density at radius 1 is 1.32 bits per heavy atom. The van der Waals surface area contributed by atoms with E-state index in [0.29, 0.717) is 5.17 Å². The fraction of sp³-hybridized carbons (Fsp3) is 0.417. The number of hydrogen-bond acceptors (Lipinski definition) is 3. The molecule has 0 saturated heterocycles. The zero-order valence-corrected chi connectivity index (χ0v) is 11.1. The molecule has 7 heteroatoms. The van der Waals surface area contributed by atoms with Gasteiger partial charge in [0.1, 0.15) is 5.82 Å². The Labute approximate surface area is 112 Å². The lowest BCUT2D eigenvalue weighted by Gasteiger charge is -2.11. The largest absolute Gasteiger partial charge is 0.419 e. The van der Waals surface area contributed by atoms with E-state index >= 15 is 0 Å². The predicted molar refractivity (Wildman–Crippen MR) is 69.0 cm³/mol. The molecule has 1 aliphatic rings. The SMILES string of the molecule is CC1(C)CSC(Nc2ccc(F)c(C(F)(F)F)c2)=N1. The number of hydrogen-bond donors (Lipinski definition) is 1. The van der Waals surface area contributed by atoms with E-state index in [4.69, 9.17) is 0 Å². The van der Waals surface area contributed by atoms with Gasteiger partial charge >= 0.3 is 6.18 Å². The number of anilines is 1. The number of alkyl halides is 3. The molecule has 104 valence electrons. The molecule has 0 radical (unpaired) electrons. The highest BCUT2D eigenvalue weighted by molar-refractivity contribution is 8.14. The van der Waals surface area contributed by atoms with Crippen LogP contribution in [0.1, 0.15) is 19.4 Å². The Morgan fingerprint density at radius 2 is 2.00 bits per heavy atom. The van der Waals surface area contributed by atoms with Crippen LogP contribution in [-0.2, 0) is 6.18 Å². The summed E-state index contributed by atoms with van der Waals surface area (Å²) in [7, 11) is 0. The monoisotopic (exact) mass is 292 g/mol. The maximum absolute atomic E-state index is 13.1. The zero-order chi connectivity index (χ0) is 14.3. The second-order valence-electron chi connectivity index (χ2n) is 4.84. The van der Waals surface area contributed by atoms with Crippen LogP contribution in [0.25, 0.3) is 0 Å². The number of thioether (sulfide) groups is 1. The Morgan fingerprint density at radius 3 is 2.53 bits per heavy atom. The molecule has 1 heterocycles. The van der Waals surface area contributed by atoms with Gasteiger partial charge in [-0.25, -0.2) is 4.39 Å². The molecule has 0 amide bonds. The third-order valence-corrected chi connectivity index (χ3v) is 3.81. The zero-order valence-electron chi connectivity index (χ0n) is 10.3. The van der Waals surface area contributed by atoms with Crippen molar-refractivity contribution in [3.63, 3.8) is 0 Å². The van der Waals surface area contributed by atoms with Crippen LogP contribution in [0.3, 0.4) is 0 Å². The summed E-state index contributed by atoms with van der Waals surface area (Å²) in [6.45, 7) is 3.86. The van der Waals surface area contributed by atoms with Gasteiger partial charge in [0, 0.05) is 11.4 Å². The van der Waals surface area contributed by atoms with E-state index in [2.05, 4.69) is 10.3 Å². The Balaban J connectivity index is 2.24. The van der Waals surface area contributed by atoms with Crippen molar-refractivity contribution in [2.75, 3.05) is 11.1 Å². The normalized spacial score (nSPS) is 18.3. The van der Waals surface area contributed by atoms with E-state index in [1.807, 2.05) is 13.8 Å². The highest BCUT2D eigenvalue weighted by Gasteiger charge is 2.34. The summed E-state index contributed by atoms with van der Waals surface area (Å²) < 4.78 is 50.8. The van der Waals surface area contributed by atoms with Gasteiger partial charge in [0.05, 0.1) is 11.1 Å². The van der Waals surface area contributed by atoms with E-state index in [-0.39, 0.29) is 11.2 Å². The number of nitrogens with zero attached hydrogens (tertiary/aromatic N) is 1. The first-order valence-electron chi connectivity index (χ1n) is 5.54. The van der Waals surface area contributed by atoms with Gasteiger partial charge in [0.2, 0.25) is 0 Å². The first-order valence-corrected chi connectivity index (χ1v) is 6.52. The molecule has 0 saturated carbocycles. The number of rotatable bonds is 1. The minimum atomic E-state index is -4.70. The maximum Gasteiger partial charge on any atom is 0.419 e. The molecular formula is C12H12F4N2S. The number of halogens is 4. The number of benzene rings is 1. The van der Waals surface area contributed by atoms with Gasteiger partial charge in [-0.3, -0.25) is 4.99 Å². The van der Waals surface area contributed by atoms with Gasteiger partial charge in [0.15, 0.2) is 5.17 Å². The molecule has 0 spiro atoms. The van der Waals surface area contributed by atoms with E-state index in [9.17, 15) is 17.6 Å². The molecule has 1 aromatic rings. The van der Waals surface area contributed by atoms with Crippen molar-refractivity contribution in [1.29, 1.82) is 0 Å². The first kappa shape index (κ1) is 14.2. The first-order chi connectivity index (χ1) is 8.67. The van der Waals surface area contributed by atoms with Gasteiger partial charge in [-0.15, -0.1) is 0 Å². The molecule has 2 nitrogen and oxygen atoms in total. The van der Waals surface area contributed by atoms with Crippen LogP contribution >= 0.6 is 11.8 Å². The van der Waals surface area contributed by atoms with Gasteiger partial charge < -0.3 is 5.32 Å². The molecule has 0 fully saturated rings. The summed E-state index contributed by atoms with van der Waals surface area (Å²) in [5.41, 5.74) is -1.34. The lowest BCUT2D eigenvalue weighted by Crippen LogP contribution is -2.15. The second kappa shape index (κ2) is 4.70. The van der Waals surface area contributed by atoms with Crippen LogP contribution in [0.2, 0.25) is 0 Å². The van der Waals surface area contributed by atoms with Crippen LogP contribution in [0.5, 0.6) is 0 Å². The summed E-state index contributed by atoms with van der Waals surface area (Å²) in [5.74, 6) is -0.526. The molecule has 0 atom stereocenters. The van der Waals surface area contributed by atoms with Crippen molar-refractivity contribution in [2.24, 2.45) is 4.99 Å². The van der Waals surface area contributed by atoms with Gasteiger partial charge in [-0.2, -0.15) is 13.2 Å². The molecule has 19 heavy (non-hydrogen) atoms. The summed E-state index contributed by atoms with van der Waals surface area (Å²) in [6.07, 6.45) is -4.70. The molecule has 0 aliphatic carbocycles. The third-order valence-electron chi connectivity index (χ3n) is 2.49. The van der Waals surface area contributed by atoms with Crippen LogP contribution in [0.15, 0.2) is 23.2 Å². The van der Waals surface area contributed by atoms with E-state index in [1.165, 1.54) is 17.8 Å². The third kappa shape index (κ3) is 3.40. The summed E-state index contributed by atoms with van der Waals surface area (Å²) in [4.78, 5) is 4.32. The van der Waals surface area contributed by atoms with E-state index < -0.39 is 17.6 Å². The lowest BCUT2D eigenvalue weighted by atomic mass is 10.1. The van der Waals surface area contributed by atoms with Gasteiger partial charge in [0.25, 0.3) is 0 Å². The molecule has 1 aromatic carbocycles. The Hall–Kier alpha value is -1.24. The average Bonchev–Trinajstić information content (AvgIpc) is 2.59. The van der Waals surface area contributed by atoms with Crippen molar-refractivity contribution in [2.45, 2.75) is 25.6 Å². The fourth-order valence-corrected chi connectivity index (χ4v) is 2.65. The number of nitrogens with one attached hydrogen (secondary N) is 1. The van der Waals surface area contributed by atoms with Crippen LogP contribution in [-0.4, -0.2) is 16.5 Å². The van der Waals surface area contributed by atoms with Crippen molar-refractivity contribution in [3.8, 4) is 0 Å². The Kier molecular flexibility index (Phi) is 3.51. The minimum absolute atomic E-state index is 0.178. The maximum atomic E-state index is 13.1. The number of amidine groups is 1.